The number of carbonyl (C=O) groups is 2. The molecule has 2 amide bonds. The normalized spacial score (nSPS) is 11.0. The Hall–Kier alpha value is -2.38. The predicted octanol–water partition coefficient (Wildman–Crippen LogP) is 2.70. The maximum Gasteiger partial charge on any atom is 0.257 e. The molecular weight excluding hydrogens is 364 g/mol. The van der Waals surface area contributed by atoms with Gasteiger partial charge in [0.1, 0.15) is 0 Å². The molecule has 0 aliphatic carbocycles. The summed E-state index contributed by atoms with van der Waals surface area (Å²) in [6.07, 6.45) is 1.05. The van der Waals surface area contributed by atoms with Crippen LogP contribution < -0.4 is 5.32 Å². The van der Waals surface area contributed by atoms with Crippen molar-refractivity contribution in [3.63, 3.8) is 0 Å². The van der Waals surface area contributed by atoms with E-state index < -0.39 is 15.7 Å². The summed E-state index contributed by atoms with van der Waals surface area (Å²) in [7, 11) is -0.207. The Labute approximate surface area is 151 Å². The van der Waals surface area contributed by atoms with Gasteiger partial charge in [-0.15, -0.1) is 0 Å². The molecule has 6 nitrogen and oxygen atoms in total. The second-order valence-corrected chi connectivity index (χ2v) is 8.07. The van der Waals surface area contributed by atoms with E-state index in [1.54, 1.807) is 32.3 Å². The minimum absolute atomic E-state index is 0.00131. The van der Waals surface area contributed by atoms with Gasteiger partial charge in [-0.3, -0.25) is 9.59 Å². The lowest BCUT2D eigenvalue weighted by molar-refractivity contribution is 0.0827. The van der Waals surface area contributed by atoms with Crippen LogP contribution in [0.2, 0.25) is 5.02 Å². The average molecular weight is 381 g/mol. The molecule has 0 spiro atoms. The van der Waals surface area contributed by atoms with Crippen LogP contribution in [0.4, 0.5) is 5.69 Å². The largest absolute Gasteiger partial charge is 0.345 e. The smallest absolute Gasteiger partial charge is 0.257 e. The maximum absolute atomic E-state index is 12.4. The number of halogens is 1. The SMILES string of the molecule is CN(C)C(=O)c1cccc(NC(=O)c2cc(S(C)(=O)=O)ccc2Cl)c1. The van der Waals surface area contributed by atoms with Crippen molar-refractivity contribution in [3.8, 4) is 0 Å². The first kappa shape index (κ1) is 19.0. The number of rotatable bonds is 4. The zero-order chi connectivity index (χ0) is 18.8. The molecule has 0 saturated carbocycles. The Morgan fingerprint density at radius 2 is 1.76 bits per heavy atom. The topological polar surface area (TPSA) is 83.6 Å². The van der Waals surface area contributed by atoms with E-state index in [1.807, 2.05) is 0 Å². The quantitative estimate of drug-likeness (QED) is 0.883. The maximum atomic E-state index is 12.4. The number of nitrogens with one attached hydrogen (secondary N) is 1. The summed E-state index contributed by atoms with van der Waals surface area (Å²) in [5.74, 6) is -0.766. The van der Waals surface area contributed by atoms with Gasteiger partial charge < -0.3 is 10.2 Å². The van der Waals surface area contributed by atoms with Gasteiger partial charge in [0.2, 0.25) is 0 Å². The number of hydrogen-bond acceptors (Lipinski definition) is 4. The summed E-state index contributed by atoms with van der Waals surface area (Å²) in [6, 6.07) is 10.4. The predicted molar refractivity (Wildman–Crippen MR) is 97.0 cm³/mol. The fourth-order valence-electron chi connectivity index (χ4n) is 2.10. The van der Waals surface area contributed by atoms with Crippen LogP contribution in [0.15, 0.2) is 47.4 Å². The lowest BCUT2D eigenvalue weighted by atomic mass is 10.1. The fourth-order valence-corrected chi connectivity index (χ4v) is 2.95. The first-order valence-electron chi connectivity index (χ1n) is 7.22. The van der Waals surface area contributed by atoms with E-state index >= 15 is 0 Å². The molecule has 0 aliphatic heterocycles. The summed E-state index contributed by atoms with van der Waals surface area (Å²) in [6.45, 7) is 0. The second-order valence-electron chi connectivity index (χ2n) is 5.65. The number of hydrogen-bond donors (Lipinski definition) is 1. The highest BCUT2D eigenvalue weighted by molar-refractivity contribution is 7.90. The van der Waals surface area contributed by atoms with Crippen LogP contribution in [0.25, 0.3) is 0 Å². The van der Waals surface area contributed by atoms with Gasteiger partial charge in [-0.2, -0.15) is 0 Å². The minimum atomic E-state index is -3.46. The van der Waals surface area contributed by atoms with Gasteiger partial charge in [-0.05, 0) is 36.4 Å². The molecular formula is C17H17ClN2O4S. The van der Waals surface area contributed by atoms with Crippen LogP contribution in [-0.2, 0) is 9.84 Å². The van der Waals surface area contributed by atoms with Crippen molar-refractivity contribution in [1.29, 1.82) is 0 Å². The lowest BCUT2D eigenvalue weighted by Crippen LogP contribution is -2.22. The molecule has 0 atom stereocenters. The standard InChI is InChI=1S/C17H17ClN2O4S/c1-20(2)17(22)11-5-4-6-12(9-11)19-16(21)14-10-13(25(3,23)24)7-8-15(14)18/h4-10H,1-3H3,(H,19,21). The van der Waals surface area contributed by atoms with E-state index in [4.69, 9.17) is 11.6 Å². The van der Waals surface area contributed by atoms with Crippen LogP contribution in [0.3, 0.4) is 0 Å². The van der Waals surface area contributed by atoms with E-state index in [9.17, 15) is 18.0 Å². The molecule has 0 fully saturated rings. The molecule has 1 N–H and O–H groups in total. The highest BCUT2D eigenvalue weighted by Gasteiger charge is 2.16. The summed E-state index contributed by atoms with van der Waals surface area (Å²) in [5.41, 5.74) is 0.853. The molecule has 0 aliphatic rings. The third-order valence-electron chi connectivity index (χ3n) is 3.38. The van der Waals surface area contributed by atoms with Gasteiger partial charge in [0.25, 0.3) is 11.8 Å². The van der Waals surface area contributed by atoms with E-state index in [0.717, 1.165) is 6.26 Å². The summed E-state index contributed by atoms with van der Waals surface area (Å²) in [4.78, 5) is 25.9. The highest BCUT2D eigenvalue weighted by Crippen LogP contribution is 2.22. The van der Waals surface area contributed by atoms with E-state index in [0.29, 0.717) is 11.3 Å². The fraction of sp³-hybridized carbons (Fsp3) is 0.176. The Kier molecular flexibility index (Phi) is 5.49. The van der Waals surface area contributed by atoms with Gasteiger partial charge in [-0.1, -0.05) is 17.7 Å². The first-order chi connectivity index (χ1) is 11.6. The Bertz CT molecular complexity index is 939. The molecule has 2 aromatic rings. The zero-order valence-corrected chi connectivity index (χ0v) is 15.5. The van der Waals surface area contributed by atoms with Crippen molar-refractivity contribution in [2.24, 2.45) is 0 Å². The molecule has 0 heterocycles. The van der Waals surface area contributed by atoms with Crippen molar-refractivity contribution in [3.05, 3.63) is 58.6 Å². The number of benzene rings is 2. The number of amides is 2. The molecule has 0 saturated heterocycles. The molecule has 0 aromatic heterocycles. The monoisotopic (exact) mass is 380 g/mol. The van der Waals surface area contributed by atoms with E-state index in [1.165, 1.54) is 29.2 Å². The average Bonchev–Trinajstić information content (AvgIpc) is 2.53. The highest BCUT2D eigenvalue weighted by atomic mass is 35.5. The number of sulfone groups is 1. The van der Waals surface area contributed by atoms with Crippen molar-refractivity contribution >= 4 is 38.9 Å². The van der Waals surface area contributed by atoms with Gasteiger partial charge in [0.15, 0.2) is 9.84 Å². The molecule has 0 radical (unpaired) electrons. The second kappa shape index (κ2) is 7.25. The van der Waals surface area contributed by atoms with Crippen molar-refractivity contribution in [2.45, 2.75) is 4.90 Å². The molecule has 8 heteroatoms. The Morgan fingerprint density at radius 3 is 2.36 bits per heavy atom. The molecule has 2 rings (SSSR count). The number of carbonyl (C=O) groups excluding carboxylic acids is 2. The summed E-state index contributed by atoms with van der Waals surface area (Å²) in [5, 5.41) is 2.75. The van der Waals surface area contributed by atoms with Crippen molar-refractivity contribution < 1.29 is 18.0 Å². The van der Waals surface area contributed by atoms with Crippen LogP contribution in [0.1, 0.15) is 20.7 Å². The van der Waals surface area contributed by atoms with E-state index in [2.05, 4.69) is 5.32 Å². The van der Waals surface area contributed by atoms with Gasteiger partial charge in [0.05, 0.1) is 15.5 Å². The minimum Gasteiger partial charge on any atom is -0.345 e. The Morgan fingerprint density at radius 1 is 1.08 bits per heavy atom. The third kappa shape index (κ3) is 4.58. The lowest BCUT2D eigenvalue weighted by Gasteiger charge is -2.12. The number of nitrogens with zero attached hydrogens (tertiary/aromatic N) is 1. The first-order valence-corrected chi connectivity index (χ1v) is 9.49. The summed E-state index contributed by atoms with van der Waals surface area (Å²) < 4.78 is 23.3. The molecule has 132 valence electrons. The summed E-state index contributed by atoms with van der Waals surface area (Å²) >= 11 is 6.01. The van der Waals surface area contributed by atoms with Crippen molar-refractivity contribution in [2.75, 3.05) is 25.7 Å². The van der Waals surface area contributed by atoms with Crippen molar-refractivity contribution in [1.82, 2.24) is 4.90 Å². The molecule has 25 heavy (non-hydrogen) atoms. The Balaban J connectivity index is 2.32. The van der Waals surface area contributed by atoms with Gasteiger partial charge in [0, 0.05) is 31.6 Å². The van der Waals surface area contributed by atoms with Crippen LogP contribution >= 0.6 is 11.6 Å². The number of anilines is 1. The van der Waals surface area contributed by atoms with Gasteiger partial charge >= 0.3 is 0 Å². The van der Waals surface area contributed by atoms with Crippen LogP contribution in [-0.4, -0.2) is 45.5 Å². The van der Waals surface area contributed by atoms with E-state index in [-0.39, 0.29) is 21.4 Å². The van der Waals surface area contributed by atoms with Crippen LogP contribution in [0.5, 0.6) is 0 Å². The van der Waals surface area contributed by atoms with Crippen LogP contribution in [0, 0.1) is 0 Å². The molecule has 0 bridgehead atoms. The third-order valence-corrected chi connectivity index (χ3v) is 4.82. The molecule has 0 unspecified atom stereocenters. The zero-order valence-electron chi connectivity index (χ0n) is 13.9. The molecule has 2 aromatic carbocycles. The van der Waals surface area contributed by atoms with Gasteiger partial charge in [-0.25, -0.2) is 8.42 Å².